The predicted octanol–water partition coefficient (Wildman–Crippen LogP) is 4.40. The van der Waals surface area contributed by atoms with Crippen LogP contribution in [0.2, 0.25) is 0 Å². The number of para-hydroxylation sites is 1. The highest BCUT2D eigenvalue weighted by molar-refractivity contribution is 5.81. The molecule has 0 saturated heterocycles. The molecule has 0 aliphatic heterocycles. The molecule has 0 N–H and O–H groups in total. The second-order valence-corrected chi connectivity index (χ2v) is 6.51. The minimum Gasteiger partial charge on any atom is -0.369 e. The van der Waals surface area contributed by atoms with Gasteiger partial charge in [0.05, 0.1) is 30.0 Å². The van der Waals surface area contributed by atoms with Crippen LogP contribution >= 0.6 is 0 Å². The van der Waals surface area contributed by atoms with Crippen molar-refractivity contribution in [2.75, 3.05) is 0 Å². The van der Waals surface area contributed by atoms with E-state index >= 15 is 0 Å². The first-order valence-electron chi connectivity index (χ1n) is 7.65. The van der Waals surface area contributed by atoms with E-state index in [1.165, 1.54) is 10.9 Å². The fourth-order valence-corrected chi connectivity index (χ4v) is 2.46. The summed E-state index contributed by atoms with van der Waals surface area (Å²) in [7, 11) is 0. The van der Waals surface area contributed by atoms with E-state index in [0.717, 1.165) is 17.8 Å². The third-order valence-electron chi connectivity index (χ3n) is 3.55. The van der Waals surface area contributed by atoms with Gasteiger partial charge in [-0.2, -0.15) is 5.10 Å². The van der Waals surface area contributed by atoms with Gasteiger partial charge >= 0.3 is 0 Å². The average molecular weight is 294 g/mol. The maximum absolute atomic E-state index is 5.91. The Kier molecular flexibility index (Phi) is 3.99. The topological polar surface area (TPSA) is 27.1 Å². The Morgan fingerprint density at radius 2 is 1.64 bits per heavy atom. The molecule has 0 spiro atoms. The van der Waals surface area contributed by atoms with Crippen LogP contribution in [0.4, 0.5) is 0 Å². The van der Waals surface area contributed by atoms with Crippen molar-refractivity contribution in [3.05, 3.63) is 65.9 Å². The van der Waals surface area contributed by atoms with Crippen LogP contribution in [0.15, 0.2) is 54.6 Å². The Morgan fingerprint density at radius 1 is 0.955 bits per heavy atom. The molecule has 0 atom stereocenters. The summed E-state index contributed by atoms with van der Waals surface area (Å²) in [6, 6.07) is 18.8. The molecule has 1 heterocycles. The van der Waals surface area contributed by atoms with Crippen LogP contribution in [-0.4, -0.2) is 15.4 Å². The lowest BCUT2D eigenvalue weighted by Crippen LogP contribution is -2.19. The number of rotatable bonds is 4. The summed E-state index contributed by atoms with van der Waals surface area (Å²) in [5, 5.41) is 5.95. The van der Waals surface area contributed by atoms with Crippen molar-refractivity contribution in [3.63, 3.8) is 0 Å². The molecule has 0 bridgehead atoms. The maximum Gasteiger partial charge on any atom is 0.0960 e. The van der Waals surface area contributed by atoms with E-state index < -0.39 is 0 Å². The number of fused-ring (bicyclic) bond motifs is 1. The highest BCUT2D eigenvalue weighted by atomic mass is 16.5. The van der Waals surface area contributed by atoms with Crippen molar-refractivity contribution in [2.24, 2.45) is 0 Å². The van der Waals surface area contributed by atoms with E-state index in [0.29, 0.717) is 6.61 Å². The number of hydrogen-bond acceptors (Lipinski definition) is 2. The quantitative estimate of drug-likeness (QED) is 0.713. The Bertz CT molecular complexity index is 754. The van der Waals surface area contributed by atoms with Crippen LogP contribution in [-0.2, 0) is 17.9 Å². The van der Waals surface area contributed by atoms with E-state index in [4.69, 9.17) is 9.84 Å². The number of benzene rings is 2. The first-order chi connectivity index (χ1) is 10.5. The summed E-state index contributed by atoms with van der Waals surface area (Å²) < 4.78 is 7.97. The Balaban J connectivity index is 1.94. The van der Waals surface area contributed by atoms with Gasteiger partial charge in [0.25, 0.3) is 0 Å². The second kappa shape index (κ2) is 5.93. The molecule has 0 aliphatic carbocycles. The van der Waals surface area contributed by atoms with Crippen LogP contribution in [0.5, 0.6) is 0 Å². The van der Waals surface area contributed by atoms with Gasteiger partial charge in [0.1, 0.15) is 0 Å². The van der Waals surface area contributed by atoms with Gasteiger partial charge in [-0.15, -0.1) is 0 Å². The molecule has 0 radical (unpaired) electrons. The molecule has 114 valence electrons. The zero-order valence-electron chi connectivity index (χ0n) is 13.4. The number of ether oxygens (including phenoxy) is 1. The van der Waals surface area contributed by atoms with Gasteiger partial charge in [-0.1, -0.05) is 48.5 Å². The van der Waals surface area contributed by atoms with Crippen molar-refractivity contribution in [2.45, 2.75) is 39.5 Å². The van der Waals surface area contributed by atoms with Crippen molar-refractivity contribution >= 4 is 10.9 Å². The normalized spacial score (nSPS) is 12.0. The zero-order chi connectivity index (χ0) is 15.6. The monoisotopic (exact) mass is 294 g/mol. The first kappa shape index (κ1) is 14.8. The fraction of sp³-hybridized carbons (Fsp3) is 0.316. The highest BCUT2D eigenvalue weighted by Gasteiger charge is 2.15. The SMILES string of the molecule is CC(C)(C)OCc1nn(Cc2ccccc2)c2ccccc12. The molecule has 0 aliphatic rings. The average Bonchev–Trinajstić information content (AvgIpc) is 2.84. The van der Waals surface area contributed by atoms with Crippen LogP contribution in [0.3, 0.4) is 0 Å². The van der Waals surface area contributed by atoms with Gasteiger partial charge in [0.15, 0.2) is 0 Å². The van der Waals surface area contributed by atoms with Gasteiger partial charge in [0, 0.05) is 5.39 Å². The van der Waals surface area contributed by atoms with Gasteiger partial charge in [-0.3, -0.25) is 4.68 Å². The van der Waals surface area contributed by atoms with Crippen LogP contribution in [0.25, 0.3) is 10.9 Å². The molecule has 1 aromatic heterocycles. The molecule has 22 heavy (non-hydrogen) atoms. The molecular weight excluding hydrogens is 272 g/mol. The minimum atomic E-state index is -0.162. The number of nitrogens with zero attached hydrogens (tertiary/aromatic N) is 2. The van der Waals surface area contributed by atoms with E-state index in [1.54, 1.807) is 0 Å². The predicted molar refractivity (Wildman–Crippen MR) is 89.8 cm³/mol. The van der Waals surface area contributed by atoms with Gasteiger partial charge in [-0.25, -0.2) is 0 Å². The summed E-state index contributed by atoms with van der Waals surface area (Å²) in [5.74, 6) is 0. The van der Waals surface area contributed by atoms with Crippen LogP contribution < -0.4 is 0 Å². The standard InChI is InChI=1S/C19H22N2O/c1-19(2,3)22-14-17-16-11-7-8-12-18(16)21(20-17)13-15-9-5-4-6-10-15/h4-12H,13-14H2,1-3H3. The Hall–Kier alpha value is -2.13. The molecule has 3 heteroatoms. The second-order valence-electron chi connectivity index (χ2n) is 6.51. The summed E-state index contributed by atoms with van der Waals surface area (Å²) in [6.07, 6.45) is 0. The fourth-order valence-electron chi connectivity index (χ4n) is 2.46. The lowest BCUT2D eigenvalue weighted by atomic mass is 10.2. The lowest BCUT2D eigenvalue weighted by Gasteiger charge is -2.18. The minimum absolute atomic E-state index is 0.162. The molecule has 0 unspecified atom stereocenters. The van der Waals surface area contributed by atoms with Crippen molar-refractivity contribution in [3.8, 4) is 0 Å². The smallest absolute Gasteiger partial charge is 0.0960 e. The van der Waals surface area contributed by atoms with E-state index in [9.17, 15) is 0 Å². The van der Waals surface area contributed by atoms with Crippen molar-refractivity contribution < 1.29 is 4.74 Å². The maximum atomic E-state index is 5.91. The van der Waals surface area contributed by atoms with Gasteiger partial charge in [0.2, 0.25) is 0 Å². The van der Waals surface area contributed by atoms with Gasteiger partial charge in [-0.05, 0) is 32.4 Å². The van der Waals surface area contributed by atoms with Crippen LogP contribution in [0.1, 0.15) is 32.0 Å². The zero-order valence-corrected chi connectivity index (χ0v) is 13.4. The summed E-state index contributed by atoms with van der Waals surface area (Å²) in [4.78, 5) is 0. The van der Waals surface area contributed by atoms with Gasteiger partial charge < -0.3 is 4.74 Å². The first-order valence-corrected chi connectivity index (χ1v) is 7.65. The summed E-state index contributed by atoms with van der Waals surface area (Å²) in [5.41, 5.74) is 3.24. The number of aromatic nitrogens is 2. The molecule has 3 aromatic rings. The molecule has 3 rings (SSSR count). The van der Waals surface area contributed by atoms with E-state index in [1.807, 2.05) is 6.07 Å². The van der Waals surface area contributed by atoms with E-state index in [2.05, 4.69) is 74.0 Å². The Labute approximate surface area is 131 Å². The third-order valence-corrected chi connectivity index (χ3v) is 3.55. The molecular formula is C19H22N2O. The molecule has 0 amide bonds. The largest absolute Gasteiger partial charge is 0.369 e. The molecule has 0 fully saturated rings. The highest BCUT2D eigenvalue weighted by Crippen LogP contribution is 2.22. The number of hydrogen-bond donors (Lipinski definition) is 0. The molecule has 3 nitrogen and oxygen atoms in total. The Morgan fingerprint density at radius 3 is 2.36 bits per heavy atom. The van der Waals surface area contributed by atoms with Crippen LogP contribution in [0, 0.1) is 0 Å². The third kappa shape index (κ3) is 3.37. The van der Waals surface area contributed by atoms with Crippen molar-refractivity contribution in [1.29, 1.82) is 0 Å². The summed E-state index contributed by atoms with van der Waals surface area (Å²) in [6.45, 7) is 7.51. The molecule has 0 saturated carbocycles. The molecule has 2 aromatic carbocycles. The van der Waals surface area contributed by atoms with E-state index in [-0.39, 0.29) is 5.60 Å². The van der Waals surface area contributed by atoms with Crippen molar-refractivity contribution in [1.82, 2.24) is 9.78 Å². The lowest BCUT2D eigenvalue weighted by molar-refractivity contribution is -0.0161. The summed E-state index contributed by atoms with van der Waals surface area (Å²) >= 11 is 0.